The number of fused-ring (bicyclic) bond motifs is 1. The lowest BCUT2D eigenvalue weighted by molar-refractivity contribution is 0.503. The van der Waals surface area contributed by atoms with E-state index in [2.05, 4.69) is 23.8 Å². The quantitative estimate of drug-likeness (QED) is 0.788. The van der Waals surface area contributed by atoms with Gasteiger partial charge in [-0.1, -0.05) is 13.8 Å². The van der Waals surface area contributed by atoms with Crippen LogP contribution in [0.2, 0.25) is 0 Å². The number of hydrogen-bond acceptors (Lipinski definition) is 2. The Morgan fingerprint density at radius 2 is 2.12 bits per heavy atom. The second-order valence-electron chi connectivity index (χ2n) is 4.48. The molecule has 2 rings (SSSR count). The van der Waals surface area contributed by atoms with Gasteiger partial charge < -0.3 is 9.97 Å². The first-order valence-electron chi connectivity index (χ1n) is 5.31. The van der Waals surface area contributed by atoms with Crippen LogP contribution in [0.15, 0.2) is 10.9 Å². The van der Waals surface area contributed by atoms with Crippen LogP contribution >= 0.6 is 12.2 Å². The molecule has 0 fully saturated rings. The Labute approximate surface area is 98.3 Å². The number of aromatic nitrogens is 3. The molecule has 0 aliphatic carbocycles. The molecule has 0 amide bonds. The smallest absolute Gasteiger partial charge is 0.278 e. The Morgan fingerprint density at radius 3 is 2.75 bits per heavy atom. The molecule has 0 bridgehead atoms. The molecular weight excluding hydrogens is 222 g/mol. The molecule has 2 aromatic heterocycles. The first-order chi connectivity index (χ1) is 7.49. The molecule has 0 aromatic carbocycles. The van der Waals surface area contributed by atoms with E-state index >= 15 is 0 Å². The molecule has 2 N–H and O–H groups in total. The fourth-order valence-electron chi connectivity index (χ4n) is 1.80. The van der Waals surface area contributed by atoms with Crippen molar-refractivity contribution in [3.8, 4) is 0 Å². The van der Waals surface area contributed by atoms with E-state index in [1.165, 1.54) is 0 Å². The van der Waals surface area contributed by atoms with Gasteiger partial charge in [0.1, 0.15) is 5.52 Å². The summed E-state index contributed by atoms with van der Waals surface area (Å²) in [6.07, 6.45) is 0. The van der Waals surface area contributed by atoms with Crippen LogP contribution in [0.3, 0.4) is 0 Å². The Morgan fingerprint density at radius 1 is 1.44 bits per heavy atom. The number of aromatic amines is 2. The van der Waals surface area contributed by atoms with Crippen LogP contribution in [0.25, 0.3) is 11.0 Å². The van der Waals surface area contributed by atoms with Gasteiger partial charge >= 0.3 is 0 Å². The van der Waals surface area contributed by atoms with Crippen LogP contribution in [-0.2, 0) is 6.54 Å². The maximum atomic E-state index is 12.1. The molecule has 2 heterocycles. The highest BCUT2D eigenvalue weighted by molar-refractivity contribution is 7.71. The van der Waals surface area contributed by atoms with Crippen LogP contribution in [-0.4, -0.2) is 14.5 Å². The van der Waals surface area contributed by atoms with Crippen LogP contribution in [0.4, 0.5) is 0 Å². The molecule has 0 saturated carbocycles. The van der Waals surface area contributed by atoms with E-state index in [1.54, 1.807) is 4.57 Å². The van der Waals surface area contributed by atoms with Crippen molar-refractivity contribution in [3.05, 3.63) is 26.9 Å². The van der Waals surface area contributed by atoms with E-state index in [4.69, 9.17) is 12.2 Å². The minimum Gasteiger partial charge on any atom is -0.353 e. The van der Waals surface area contributed by atoms with Crippen molar-refractivity contribution in [2.45, 2.75) is 27.3 Å². The van der Waals surface area contributed by atoms with Crippen LogP contribution in [0.5, 0.6) is 0 Å². The molecule has 4 nitrogen and oxygen atoms in total. The zero-order valence-corrected chi connectivity index (χ0v) is 10.4. The van der Waals surface area contributed by atoms with Gasteiger partial charge in [-0.15, -0.1) is 0 Å². The maximum Gasteiger partial charge on any atom is 0.278 e. The highest BCUT2D eigenvalue weighted by Gasteiger charge is 2.08. The lowest BCUT2D eigenvalue weighted by atomic mass is 10.2. The van der Waals surface area contributed by atoms with Crippen molar-refractivity contribution >= 4 is 23.3 Å². The van der Waals surface area contributed by atoms with Gasteiger partial charge in [0.25, 0.3) is 5.56 Å². The second-order valence-corrected chi connectivity index (χ2v) is 4.87. The molecule has 5 heteroatoms. The lowest BCUT2D eigenvalue weighted by Crippen LogP contribution is -2.24. The van der Waals surface area contributed by atoms with E-state index in [0.717, 1.165) is 11.2 Å². The molecular formula is C11H15N3OS. The number of hydrogen-bond donors (Lipinski definition) is 2. The third kappa shape index (κ3) is 1.82. The van der Waals surface area contributed by atoms with E-state index in [1.807, 2.05) is 13.0 Å². The minimum absolute atomic E-state index is 0.0412. The lowest BCUT2D eigenvalue weighted by Gasteiger charge is -2.08. The first kappa shape index (κ1) is 11.1. The Bertz CT molecular complexity index is 633. The number of nitrogens with zero attached hydrogens (tertiary/aromatic N) is 1. The molecule has 0 atom stereocenters. The molecule has 16 heavy (non-hydrogen) atoms. The Hall–Kier alpha value is -1.36. The average molecular weight is 237 g/mol. The fourth-order valence-corrected chi connectivity index (χ4v) is 2.06. The Kier molecular flexibility index (Phi) is 2.71. The number of aryl methyl sites for hydroxylation is 1. The second kappa shape index (κ2) is 3.90. The fraction of sp³-hybridized carbons (Fsp3) is 0.455. The largest absolute Gasteiger partial charge is 0.353 e. The van der Waals surface area contributed by atoms with Gasteiger partial charge in [0.15, 0.2) is 4.77 Å². The average Bonchev–Trinajstić information content (AvgIpc) is 2.53. The standard InChI is InChI=1S/C11H15N3OS/c1-6(2)5-14-10(15)9-8(13-11(14)16)4-7(3)12-9/h4,6,12H,5H2,1-3H3,(H,13,16). The highest BCUT2D eigenvalue weighted by Crippen LogP contribution is 2.08. The van der Waals surface area contributed by atoms with Gasteiger partial charge in [-0.05, 0) is 31.1 Å². The van der Waals surface area contributed by atoms with E-state index in [9.17, 15) is 4.79 Å². The van der Waals surface area contributed by atoms with Crippen molar-refractivity contribution in [3.63, 3.8) is 0 Å². The molecule has 86 valence electrons. The highest BCUT2D eigenvalue weighted by atomic mass is 32.1. The predicted molar refractivity (Wildman–Crippen MR) is 67.3 cm³/mol. The van der Waals surface area contributed by atoms with Gasteiger partial charge in [0.2, 0.25) is 0 Å². The van der Waals surface area contributed by atoms with Gasteiger partial charge in [-0.3, -0.25) is 9.36 Å². The predicted octanol–water partition coefficient (Wildman–Crippen LogP) is 2.35. The summed E-state index contributed by atoms with van der Waals surface area (Å²) in [6.45, 7) is 6.68. The molecule has 0 aliphatic heterocycles. The number of H-pyrrole nitrogens is 2. The summed E-state index contributed by atoms with van der Waals surface area (Å²) in [5, 5.41) is 0. The van der Waals surface area contributed by atoms with Gasteiger partial charge in [0, 0.05) is 12.2 Å². The van der Waals surface area contributed by atoms with Crippen molar-refractivity contribution in [2.75, 3.05) is 0 Å². The number of rotatable bonds is 2. The van der Waals surface area contributed by atoms with Crippen molar-refractivity contribution in [1.82, 2.24) is 14.5 Å². The molecule has 0 aliphatic rings. The van der Waals surface area contributed by atoms with Gasteiger partial charge in [0.05, 0.1) is 5.52 Å². The summed E-state index contributed by atoms with van der Waals surface area (Å²) in [6, 6.07) is 1.90. The SMILES string of the molecule is Cc1cc2[nH]c(=S)n(CC(C)C)c(=O)c2[nH]1. The van der Waals surface area contributed by atoms with Gasteiger partial charge in [-0.2, -0.15) is 0 Å². The molecule has 0 unspecified atom stereocenters. The molecule has 2 aromatic rings. The van der Waals surface area contributed by atoms with Crippen LogP contribution < -0.4 is 5.56 Å². The first-order valence-corrected chi connectivity index (χ1v) is 5.72. The number of nitrogens with one attached hydrogen (secondary N) is 2. The monoisotopic (exact) mass is 237 g/mol. The summed E-state index contributed by atoms with van der Waals surface area (Å²) in [5.41, 5.74) is 2.31. The van der Waals surface area contributed by atoms with Crippen molar-refractivity contribution in [2.24, 2.45) is 5.92 Å². The van der Waals surface area contributed by atoms with E-state index in [0.29, 0.717) is 22.8 Å². The zero-order valence-electron chi connectivity index (χ0n) is 9.63. The maximum absolute atomic E-state index is 12.1. The topological polar surface area (TPSA) is 53.6 Å². The zero-order chi connectivity index (χ0) is 11.9. The summed E-state index contributed by atoms with van der Waals surface area (Å²) in [7, 11) is 0. The van der Waals surface area contributed by atoms with Crippen molar-refractivity contribution < 1.29 is 0 Å². The molecule has 0 radical (unpaired) electrons. The van der Waals surface area contributed by atoms with Gasteiger partial charge in [-0.25, -0.2) is 0 Å². The van der Waals surface area contributed by atoms with E-state index < -0.39 is 0 Å². The normalized spacial score (nSPS) is 11.5. The third-order valence-corrected chi connectivity index (χ3v) is 2.77. The van der Waals surface area contributed by atoms with E-state index in [-0.39, 0.29) is 5.56 Å². The molecule has 0 spiro atoms. The summed E-state index contributed by atoms with van der Waals surface area (Å²) >= 11 is 5.19. The summed E-state index contributed by atoms with van der Waals surface area (Å²) < 4.78 is 2.10. The van der Waals surface area contributed by atoms with Crippen LogP contribution in [0, 0.1) is 17.6 Å². The van der Waals surface area contributed by atoms with Crippen molar-refractivity contribution in [1.29, 1.82) is 0 Å². The summed E-state index contributed by atoms with van der Waals surface area (Å²) in [5.74, 6) is 0.390. The third-order valence-electron chi connectivity index (χ3n) is 2.45. The molecule has 0 saturated heterocycles. The summed E-state index contributed by atoms with van der Waals surface area (Å²) in [4.78, 5) is 18.3. The Balaban J connectivity index is 2.75. The minimum atomic E-state index is -0.0412. The van der Waals surface area contributed by atoms with Crippen LogP contribution in [0.1, 0.15) is 19.5 Å².